The molecule has 0 heterocycles. The summed E-state index contributed by atoms with van der Waals surface area (Å²) in [5.41, 5.74) is 1.26. The number of esters is 1. The first-order chi connectivity index (χ1) is 9.13. The van der Waals surface area contributed by atoms with Crippen LogP contribution in [0.15, 0.2) is 24.3 Å². The second-order valence-corrected chi connectivity index (χ2v) is 5.07. The van der Waals surface area contributed by atoms with E-state index in [1.807, 2.05) is 38.1 Å². The molecule has 1 N–H and O–H groups in total. The second kappa shape index (κ2) is 8.70. The van der Waals surface area contributed by atoms with Crippen LogP contribution in [0.4, 0.5) is 0 Å². The highest BCUT2D eigenvalue weighted by Gasteiger charge is 2.09. The van der Waals surface area contributed by atoms with Gasteiger partial charge in [0.15, 0.2) is 0 Å². The Labute approximate surface area is 116 Å². The van der Waals surface area contributed by atoms with Gasteiger partial charge in [0, 0.05) is 0 Å². The number of rotatable bonds is 8. The standard InChI is InChI=1S/C16H25NO2/c1-4-5-11-17-12-10-14-6-8-15(9-7-14)19-16(18)13(2)3/h6-9,13,17H,4-5,10-12H2,1-3H3. The molecule has 0 atom stereocenters. The molecule has 0 bridgehead atoms. The molecule has 1 aromatic rings. The smallest absolute Gasteiger partial charge is 0.313 e. The Balaban J connectivity index is 2.33. The Kier molecular flexibility index (Phi) is 7.19. The molecule has 0 saturated carbocycles. The van der Waals surface area contributed by atoms with Crippen LogP contribution in [-0.2, 0) is 11.2 Å². The fourth-order valence-electron chi connectivity index (χ4n) is 1.62. The Morgan fingerprint density at radius 2 is 1.89 bits per heavy atom. The third-order valence-electron chi connectivity index (χ3n) is 2.91. The minimum atomic E-state index is -0.186. The number of hydrogen-bond donors (Lipinski definition) is 1. The van der Waals surface area contributed by atoms with Crippen molar-refractivity contribution in [3.8, 4) is 5.75 Å². The lowest BCUT2D eigenvalue weighted by molar-refractivity contribution is -0.137. The van der Waals surface area contributed by atoms with Gasteiger partial charge in [-0.05, 0) is 43.6 Å². The number of carbonyl (C=O) groups excluding carboxylic acids is 1. The maximum Gasteiger partial charge on any atom is 0.313 e. The lowest BCUT2D eigenvalue weighted by atomic mass is 10.1. The van der Waals surface area contributed by atoms with Gasteiger partial charge in [0.05, 0.1) is 5.92 Å². The molecule has 106 valence electrons. The Bertz CT molecular complexity index is 371. The fourth-order valence-corrected chi connectivity index (χ4v) is 1.62. The largest absolute Gasteiger partial charge is 0.426 e. The van der Waals surface area contributed by atoms with Crippen LogP contribution in [0.25, 0.3) is 0 Å². The first-order valence-electron chi connectivity index (χ1n) is 7.14. The summed E-state index contributed by atoms with van der Waals surface area (Å²) in [5, 5.41) is 3.41. The van der Waals surface area contributed by atoms with Gasteiger partial charge in [-0.2, -0.15) is 0 Å². The van der Waals surface area contributed by atoms with E-state index in [0.717, 1.165) is 19.5 Å². The molecule has 0 fully saturated rings. The van der Waals surface area contributed by atoms with Gasteiger partial charge in [-0.3, -0.25) is 4.79 Å². The van der Waals surface area contributed by atoms with Crippen molar-refractivity contribution >= 4 is 5.97 Å². The van der Waals surface area contributed by atoms with Gasteiger partial charge in [0.2, 0.25) is 0 Å². The van der Waals surface area contributed by atoms with Crippen LogP contribution in [0.5, 0.6) is 5.75 Å². The maximum atomic E-state index is 11.4. The fraction of sp³-hybridized carbons (Fsp3) is 0.562. The van der Waals surface area contributed by atoms with Crippen molar-refractivity contribution in [2.24, 2.45) is 5.92 Å². The zero-order valence-electron chi connectivity index (χ0n) is 12.2. The second-order valence-electron chi connectivity index (χ2n) is 5.07. The van der Waals surface area contributed by atoms with Crippen molar-refractivity contribution < 1.29 is 9.53 Å². The first kappa shape index (κ1) is 15.7. The third kappa shape index (κ3) is 6.39. The number of ether oxygens (including phenoxy) is 1. The van der Waals surface area contributed by atoms with Gasteiger partial charge in [0.25, 0.3) is 0 Å². The van der Waals surface area contributed by atoms with Crippen molar-refractivity contribution in [3.05, 3.63) is 29.8 Å². The molecule has 0 radical (unpaired) electrons. The van der Waals surface area contributed by atoms with E-state index in [4.69, 9.17) is 4.74 Å². The van der Waals surface area contributed by atoms with E-state index in [9.17, 15) is 4.79 Å². The van der Waals surface area contributed by atoms with E-state index < -0.39 is 0 Å². The summed E-state index contributed by atoms with van der Waals surface area (Å²) in [6.07, 6.45) is 3.45. The van der Waals surface area contributed by atoms with E-state index in [2.05, 4.69) is 12.2 Å². The average molecular weight is 263 g/mol. The number of carbonyl (C=O) groups is 1. The van der Waals surface area contributed by atoms with E-state index in [1.54, 1.807) is 0 Å². The van der Waals surface area contributed by atoms with Gasteiger partial charge < -0.3 is 10.1 Å². The number of unbranched alkanes of at least 4 members (excludes halogenated alkanes) is 1. The topological polar surface area (TPSA) is 38.3 Å². The molecule has 3 nitrogen and oxygen atoms in total. The quantitative estimate of drug-likeness (QED) is 0.445. The molecular weight excluding hydrogens is 238 g/mol. The Morgan fingerprint density at radius 3 is 2.47 bits per heavy atom. The molecule has 3 heteroatoms. The maximum absolute atomic E-state index is 11.4. The predicted octanol–water partition coefficient (Wildman–Crippen LogP) is 3.18. The minimum absolute atomic E-state index is 0.0950. The van der Waals surface area contributed by atoms with Crippen LogP contribution in [0.2, 0.25) is 0 Å². The van der Waals surface area contributed by atoms with Crippen LogP contribution in [0.3, 0.4) is 0 Å². The third-order valence-corrected chi connectivity index (χ3v) is 2.91. The summed E-state index contributed by atoms with van der Waals surface area (Å²) >= 11 is 0. The van der Waals surface area contributed by atoms with Crippen LogP contribution >= 0.6 is 0 Å². The summed E-state index contributed by atoms with van der Waals surface area (Å²) < 4.78 is 5.23. The monoisotopic (exact) mass is 263 g/mol. The molecule has 0 aromatic heterocycles. The van der Waals surface area contributed by atoms with Gasteiger partial charge in [-0.1, -0.05) is 39.3 Å². The molecule has 1 aromatic carbocycles. The average Bonchev–Trinajstić information content (AvgIpc) is 2.40. The molecule has 0 aliphatic rings. The zero-order valence-corrected chi connectivity index (χ0v) is 12.2. The van der Waals surface area contributed by atoms with Crippen LogP contribution in [0, 0.1) is 5.92 Å². The van der Waals surface area contributed by atoms with Gasteiger partial charge in [-0.15, -0.1) is 0 Å². The summed E-state index contributed by atoms with van der Waals surface area (Å²) in [6.45, 7) is 7.93. The van der Waals surface area contributed by atoms with Crippen LogP contribution < -0.4 is 10.1 Å². The molecular formula is C16H25NO2. The molecule has 19 heavy (non-hydrogen) atoms. The van der Waals surface area contributed by atoms with Crippen molar-refractivity contribution in [1.82, 2.24) is 5.32 Å². The van der Waals surface area contributed by atoms with Crippen molar-refractivity contribution in [1.29, 1.82) is 0 Å². The Hall–Kier alpha value is -1.35. The van der Waals surface area contributed by atoms with E-state index in [1.165, 1.54) is 18.4 Å². The van der Waals surface area contributed by atoms with Gasteiger partial charge in [0.1, 0.15) is 5.75 Å². The van der Waals surface area contributed by atoms with E-state index in [-0.39, 0.29) is 11.9 Å². The van der Waals surface area contributed by atoms with Gasteiger partial charge in [-0.25, -0.2) is 0 Å². The highest BCUT2D eigenvalue weighted by molar-refractivity contribution is 5.74. The van der Waals surface area contributed by atoms with E-state index in [0.29, 0.717) is 5.75 Å². The molecule has 1 rings (SSSR count). The SMILES string of the molecule is CCCCNCCc1ccc(OC(=O)C(C)C)cc1. The van der Waals surface area contributed by atoms with Gasteiger partial charge >= 0.3 is 5.97 Å². The van der Waals surface area contributed by atoms with Crippen molar-refractivity contribution in [3.63, 3.8) is 0 Å². The lowest BCUT2D eigenvalue weighted by Gasteiger charge is -2.08. The lowest BCUT2D eigenvalue weighted by Crippen LogP contribution is -2.18. The molecule has 0 unspecified atom stereocenters. The summed E-state index contributed by atoms with van der Waals surface area (Å²) in [5.74, 6) is 0.345. The molecule has 0 amide bonds. The highest BCUT2D eigenvalue weighted by Crippen LogP contribution is 2.14. The van der Waals surface area contributed by atoms with E-state index >= 15 is 0 Å². The van der Waals surface area contributed by atoms with Crippen molar-refractivity contribution in [2.45, 2.75) is 40.0 Å². The zero-order chi connectivity index (χ0) is 14.1. The predicted molar refractivity (Wildman–Crippen MR) is 78.4 cm³/mol. The summed E-state index contributed by atoms with van der Waals surface area (Å²) in [6, 6.07) is 7.76. The normalized spacial score (nSPS) is 10.7. The first-order valence-corrected chi connectivity index (χ1v) is 7.14. The number of nitrogens with one attached hydrogen (secondary N) is 1. The van der Waals surface area contributed by atoms with Crippen LogP contribution in [-0.4, -0.2) is 19.1 Å². The molecule has 0 saturated heterocycles. The number of hydrogen-bond acceptors (Lipinski definition) is 3. The van der Waals surface area contributed by atoms with Crippen LogP contribution in [0.1, 0.15) is 39.2 Å². The molecule has 0 aliphatic heterocycles. The number of benzene rings is 1. The molecule has 0 aliphatic carbocycles. The van der Waals surface area contributed by atoms with Crippen molar-refractivity contribution in [2.75, 3.05) is 13.1 Å². The summed E-state index contributed by atoms with van der Waals surface area (Å²) in [4.78, 5) is 11.4. The Morgan fingerprint density at radius 1 is 1.21 bits per heavy atom. The minimum Gasteiger partial charge on any atom is -0.426 e. The molecule has 0 spiro atoms. The summed E-state index contributed by atoms with van der Waals surface area (Å²) in [7, 11) is 0. The highest BCUT2D eigenvalue weighted by atomic mass is 16.5.